The molecular weight excluding hydrogens is 528 g/mol. The number of methoxy groups -OCH3 is 3. The summed E-state index contributed by atoms with van der Waals surface area (Å²) < 4.78 is 46.7. The van der Waals surface area contributed by atoms with Gasteiger partial charge in [-0.05, 0) is 77.7 Å². The number of carbonyl (C=O) groups is 1. The van der Waals surface area contributed by atoms with Gasteiger partial charge in [-0.2, -0.15) is 0 Å². The van der Waals surface area contributed by atoms with Crippen LogP contribution in [0.2, 0.25) is 0 Å². The van der Waals surface area contributed by atoms with Crippen molar-refractivity contribution >= 4 is 12.0 Å². The van der Waals surface area contributed by atoms with Crippen molar-refractivity contribution < 1.29 is 42.7 Å². The molecule has 1 spiro atoms. The third-order valence-corrected chi connectivity index (χ3v) is 8.18. The summed E-state index contributed by atoms with van der Waals surface area (Å²) in [7, 11) is 4.79. The van der Waals surface area contributed by atoms with Crippen LogP contribution in [0.1, 0.15) is 59.4 Å². The van der Waals surface area contributed by atoms with Crippen LogP contribution in [-0.2, 0) is 28.5 Å². The second-order valence-corrected chi connectivity index (χ2v) is 11.7. The molecule has 3 aliphatic rings. The Balaban J connectivity index is 1.43. The van der Waals surface area contributed by atoms with Gasteiger partial charge in [0.1, 0.15) is 30.0 Å². The highest BCUT2D eigenvalue weighted by molar-refractivity contribution is 5.87. The van der Waals surface area contributed by atoms with Gasteiger partial charge < -0.3 is 37.9 Å². The first-order valence-corrected chi connectivity index (χ1v) is 14.4. The average molecular weight is 575 g/mol. The minimum absolute atomic E-state index is 0.0295. The SMILES string of the molecule is COc1cc(/C=C/C(=O)O[C@@H]2CC[C@]3(CO3)C([C@]3(C)O[C@H]3CC=C(C)C)[C@@H]2OC)cc(OC)c1OCCOC(C)C. The second-order valence-electron chi connectivity index (χ2n) is 11.7. The lowest BCUT2D eigenvalue weighted by molar-refractivity contribution is -0.166. The van der Waals surface area contributed by atoms with Crippen LogP contribution in [0, 0.1) is 5.92 Å². The number of epoxide rings is 2. The number of allylic oxidation sites excluding steroid dienone is 1. The Morgan fingerprint density at radius 3 is 2.37 bits per heavy atom. The van der Waals surface area contributed by atoms with Gasteiger partial charge >= 0.3 is 5.97 Å². The highest BCUT2D eigenvalue weighted by Gasteiger charge is 2.72. The molecule has 0 bridgehead atoms. The van der Waals surface area contributed by atoms with Gasteiger partial charge in [-0.15, -0.1) is 0 Å². The van der Waals surface area contributed by atoms with Gasteiger partial charge in [0.15, 0.2) is 11.5 Å². The number of hydrogen-bond donors (Lipinski definition) is 0. The highest BCUT2D eigenvalue weighted by atomic mass is 16.6. The summed E-state index contributed by atoms with van der Waals surface area (Å²) in [4.78, 5) is 13.0. The molecule has 0 radical (unpaired) electrons. The fraction of sp³-hybridized carbons (Fsp3) is 0.656. The van der Waals surface area contributed by atoms with Crippen molar-refractivity contribution in [3.63, 3.8) is 0 Å². The molecule has 0 aromatic heterocycles. The molecule has 2 aliphatic heterocycles. The van der Waals surface area contributed by atoms with Crippen molar-refractivity contribution in [2.24, 2.45) is 5.92 Å². The molecule has 6 atom stereocenters. The molecule has 228 valence electrons. The summed E-state index contributed by atoms with van der Waals surface area (Å²) in [5.74, 6) is 0.986. The number of ether oxygens (including phenoxy) is 8. The molecule has 0 amide bonds. The smallest absolute Gasteiger partial charge is 0.331 e. The van der Waals surface area contributed by atoms with Gasteiger partial charge in [0.25, 0.3) is 0 Å². The fourth-order valence-electron chi connectivity index (χ4n) is 5.99. The zero-order valence-electron chi connectivity index (χ0n) is 25.7. The molecule has 4 rings (SSSR count). The Morgan fingerprint density at radius 2 is 1.80 bits per heavy atom. The number of hydrogen-bond acceptors (Lipinski definition) is 9. The lowest BCUT2D eigenvalue weighted by Crippen LogP contribution is -2.55. The van der Waals surface area contributed by atoms with Crippen LogP contribution in [-0.4, -0.2) is 82.7 Å². The molecule has 9 nitrogen and oxygen atoms in total. The number of benzene rings is 1. The van der Waals surface area contributed by atoms with E-state index in [1.165, 1.54) is 11.6 Å². The summed E-state index contributed by atoms with van der Waals surface area (Å²) in [5.41, 5.74) is 1.31. The topological polar surface area (TPSA) is 97.5 Å². The average Bonchev–Trinajstić information content (AvgIpc) is 3.86. The molecule has 2 heterocycles. The van der Waals surface area contributed by atoms with Gasteiger partial charge in [-0.1, -0.05) is 11.6 Å². The number of rotatable bonds is 14. The third-order valence-electron chi connectivity index (χ3n) is 8.18. The summed E-state index contributed by atoms with van der Waals surface area (Å²) in [6.07, 6.45) is 7.07. The van der Waals surface area contributed by atoms with E-state index in [0.29, 0.717) is 49.1 Å². The fourth-order valence-corrected chi connectivity index (χ4v) is 5.99. The molecule has 1 aromatic rings. The summed E-state index contributed by atoms with van der Waals surface area (Å²) in [6, 6.07) is 3.57. The maximum absolute atomic E-state index is 13.0. The van der Waals surface area contributed by atoms with Crippen LogP contribution in [0.25, 0.3) is 6.08 Å². The van der Waals surface area contributed by atoms with E-state index < -0.39 is 12.1 Å². The van der Waals surface area contributed by atoms with Gasteiger partial charge in [0, 0.05) is 13.2 Å². The van der Waals surface area contributed by atoms with E-state index in [1.54, 1.807) is 39.5 Å². The van der Waals surface area contributed by atoms with E-state index >= 15 is 0 Å². The van der Waals surface area contributed by atoms with Crippen LogP contribution in [0.3, 0.4) is 0 Å². The van der Waals surface area contributed by atoms with E-state index in [2.05, 4.69) is 26.8 Å². The summed E-state index contributed by atoms with van der Waals surface area (Å²) >= 11 is 0. The first kappa shape index (κ1) is 31.3. The van der Waals surface area contributed by atoms with E-state index in [1.807, 2.05) is 13.8 Å². The Morgan fingerprint density at radius 1 is 1.12 bits per heavy atom. The molecular formula is C32H46O9. The molecule has 1 saturated carbocycles. The molecule has 1 aromatic carbocycles. The Hall–Kier alpha value is -2.59. The zero-order valence-corrected chi connectivity index (χ0v) is 25.7. The molecule has 3 fully saturated rings. The molecule has 9 heteroatoms. The van der Waals surface area contributed by atoms with Crippen molar-refractivity contribution in [3.8, 4) is 17.2 Å². The van der Waals surface area contributed by atoms with Gasteiger partial charge in [-0.25, -0.2) is 4.79 Å². The lowest BCUT2D eigenvalue weighted by atomic mass is 9.68. The van der Waals surface area contributed by atoms with Crippen LogP contribution in [0.15, 0.2) is 29.9 Å². The van der Waals surface area contributed by atoms with Crippen LogP contribution in [0.4, 0.5) is 0 Å². The van der Waals surface area contributed by atoms with Crippen molar-refractivity contribution in [2.45, 2.75) is 89.5 Å². The molecule has 1 unspecified atom stereocenters. The number of esters is 1. The normalized spacial score (nSPS) is 30.4. The Bertz CT molecular complexity index is 1090. The van der Waals surface area contributed by atoms with E-state index in [0.717, 1.165) is 12.8 Å². The predicted molar refractivity (Wildman–Crippen MR) is 155 cm³/mol. The molecule has 2 saturated heterocycles. The van der Waals surface area contributed by atoms with Crippen molar-refractivity contribution in [2.75, 3.05) is 41.2 Å². The monoisotopic (exact) mass is 574 g/mol. The van der Waals surface area contributed by atoms with Crippen LogP contribution < -0.4 is 14.2 Å². The minimum atomic E-state index is -0.449. The van der Waals surface area contributed by atoms with E-state index in [9.17, 15) is 4.79 Å². The zero-order chi connectivity index (χ0) is 29.8. The lowest BCUT2D eigenvalue weighted by Gasteiger charge is -2.42. The highest BCUT2D eigenvalue weighted by Crippen LogP contribution is 2.59. The summed E-state index contributed by atoms with van der Waals surface area (Å²) in [5, 5.41) is 0. The van der Waals surface area contributed by atoms with Crippen LogP contribution in [0.5, 0.6) is 17.2 Å². The molecule has 0 N–H and O–H groups in total. The van der Waals surface area contributed by atoms with Gasteiger partial charge in [0.2, 0.25) is 5.75 Å². The number of carbonyl (C=O) groups excluding carboxylic acids is 1. The Kier molecular flexibility index (Phi) is 10.1. The quantitative estimate of drug-likeness (QED) is 0.0983. The van der Waals surface area contributed by atoms with E-state index in [4.69, 9.17) is 37.9 Å². The first-order valence-electron chi connectivity index (χ1n) is 14.4. The standard InChI is InChI=1S/C32H46O9/c1-20(2)9-11-26-31(5,41-26)30-29(36-8)23(13-14-32(30)19-39-32)40-27(33)12-10-22-17-24(34-6)28(25(18-22)35-7)38-16-15-37-21(3)4/h9-10,12,17-18,21,23,26,29-30H,11,13-16,19H2,1-8H3/b12-10+/t23-,26+,29-,30?,31-,32+/m1/s1. The summed E-state index contributed by atoms with van der Waals surface area (Å²) in [6.45, 7) is 11.7. The second kappa shape index (κ2) is 13.2. The van der Waals surface area contributed by atoms with Crippen LogP contribution >= 0.6 is 0 Å². The van der Waals surface area contributed by atoms with Gasteiger partial charge in [-0.3, -0.25) is 0 Å². The maximum Gasteiger partial charge on any atom is 0.331 e. The third kappa shape index (κ3) is 7.25. The molecule has 41 heavy (non-hydrogen) atoms. The van der Waals surface area contributed by atoms with Crippen molar-refractivity contribution in [1.29, 1.82) is 0 Å². The van der Waals surface area contributed by atoms with E-state index in [-0.39, 0.29) is 35.4 Å². The maximum atomic E-state index is 13.0. The Labute approximate surface area is 244 Å². The first-order chi connectivity index (χ1) is 19.6. The predicted octanol–water partition coefficient (Wildman–Crippen LogP) is 5.14. The van der Waals surface area contributed by atoms with Crippen molar-refractivity contribution in [1.82, 2.24) is 0 Å². The largest absolute Gasteiger partial charge is 0.493 e. The van der Waals surface area contributed by atoms with Gasteiger partial charge in [0.05, 0.1) is 45.6 Å². The molecule has 1 aliphatic carbocycles. The van der Waals surface area contributed by atoms with Crippen molar-refractivity contribution in [3.05, 3.63) is 35.4 Å². The minimum Gasteiger partial charge on any atom is -0.493 e.